The van der Waals surface area contributed by atoms with Crippen LogP contribution < -0.4 is 5.32 Å². The Kier molecular flexibility index (Phi) is 6.08. The second kappa shape index (κ2) is 8.75. The number of rotatable bonds is 4. The molecule has 1 N–H and O–H groups in total. The zero-order valence-corrected chi connectivity index (χ0v) is 18.5. The van der Waals surface area contributed by atoms with Gasteiger partial charge in [-0.05, 0) is 38.1 Å². The number of piperazine rings is 1. The Morgan fingerprint density at radius 3 is 2.43 bits per heavy atom. The molecule has 2 saturated heterocycles. The number of thioether (sulfide) groups is 1. The van der Waals surface area contributed by atoms with Crippen molar-refractivity contribution >= 4 is 46.2 Å². The third-order valence-electron chi connectivity index (χ3n) is 5.29. The van der Waals surface area contributed by atoms with Crippen LogP contribution in [0.4, 0.5) is 0 Å². The van der Waals surface area contributed by atoms with Crippen molar-refractivity contribution < 1.29 is 14.0 Å². The highest BCUT2D eigenvalue weighted by atomic mass is 32.2. The molecule has 0 atom stereocenters. The van der Waals surface area contributed by atoms with Gasteiger partial charge in [0, 0.05) is 49.4 Å². The highest BCUT2D eigenvalue weighted by molar-refractivity contribution is 8.26. The van der Waals surface area contributed by atoms with Crippen LogP contribution in [0.15, 0.2) is 45.7 Å². The van der Waals surface area contributed by atoms with Gasteiger partial charge in [0.2, 0.25) is 0 Å². The van der Waals surface area contributed by atoms with Gasteiger partial charge < -0.3 is 14.6 Å². The van der Waals surface area contributed by atoms with E-state index in [0.717, 1.165) is 31.7 Å². The lowest BCUT2D eigenvalue weighted by Crippen LogP contribution is -2.50. The summed E-state index contributed by atoms with van der Waals surface area (Å²) in [6.07, 6.45) is 1.68. The zero-order valence-electron chi connectivity index (χ0n) is 16.9. The van der Waals surface area contributed by atoms with Gasteiger partial charge in [-0.3, -0.25) is 14.5 Å². The van der Waals surface area contributed by atoms with Gasteiger partial charge in [0.15, 0.2) is 0 Å². The fourth-order valence-corrected chi connectivity index (χ4v) is 4.56. The van der Waals surface area contributed by atoms with Gasteiger partial charge in [-0.1, -0.05) is 36.1 Å². The van der Waals surface area contributed by atoms with Crippen LogP contribution >= 0.6 is 24.0 Å². The minimum Gasteiger partial charge on any atom is -0.457 e. The van der Waals surface area contributed by atoms with E-state index in [1.807, 2.05) is 41.3 Å². The van der Waals surface area contributed by atoms with E-state index in [1.54, 1.807) is 6.08 Å². The van der Waals surface area contributed by atoms with Crippen molar-refractivity contribution in [2.75, 3.05) is 26.2 Å². The van der Waals surface area contributed by atoms with Gasteiger partial charge >= 0.3 is 0 Å². The van der Waals surface area contributed by atoms with Crippen molar-refractivity contribution in [2.45, 2.75) is 19.9 Å². The number of nitrogens with zero attached hydrogens (tertiary/aromatic N) is 2. The SMILES string of the molecule is CC(C)N1CCN(C(=O)c2ccc(-c3ccc(/C=C4\SC(=S)NC4=O)o3)cc2)CC1. The molecule has 4 rings (SSSR count). The summed E-state index contributed by atoms with van der Waals surface area (Å²) in [4.78, 5) is 29.4. The maximum absolute atomic E-state index is 12.8. The van der Waals surface area contributed by atoms with Gasteiger partial charge in [-0.15, -0.1) is 0 Å². The number of carbonyl (C=O) groups is 2. The summed E-state index contributed by atoms with van der Waals surface area (Å²) in [6.45, 7) is 7.69. The second-order valence-corrected chi connectivity index (χ2v) is 9.27. The second-order valence-electron chi connectivity index (χ2n) is 7.55. The molecule has 1 aromatic heterocycles. The lowest BCUT2D eigenvalue weighted by atomic mass is 10.1. The fraction of sp³-hybridized carbons (Fsp3) is 0.318. The quantitative estimate of drug-likeness (QED) is 0.578. The Morgan fingerprint density at radius 1 is 1.13 bits per heavy atom. The highest BCUT2D eigenvalue weighted by Crippen LogP contribution is 2.29. The van der Waals surface area contributed by atoms with E-state index in [-0.39, 0.29) is 11.8 Å². The number of thiocarbonyl (C=S) groups is 1. The molecule has 156 valence electrons. The number of furan rings is 1. The first kappa shape index (κ1) is 20.8. The Morgan fingerprint density at radius 2 is 1.83 bits per heavy atom. The van der Waals surface area contributed by atoms with Crippen LogP contribution in [0.3, 0.4) is 0 Å². The average Bonchev–Trinajstić information content (AvgIpc) is 3.33. The molecule has 6 nitrogen and oxygen atoms in total. The average molecular weight is 442 g/mol. The highest BCUT2D eigenvalue weighted by Gasteiger charge is 2.24. The predicted octanol–water partition coefficient (Wildman–Crippen LogP) is 3.60. The monoisotopic (exact) mass is 441 g/mol. The molecule has 2 aromatic rings. The molecular weight excluding hydrogens is 418 g/mol. The summed E-state index contributed by atoms with van der Waals surface area (Å²) in [7, 11) is 0. The Hall–Kier alpha value is -2.42. The summed E-state index contributed by atoms with van der Waals surface area (Å²) in [5.41, 5.74) is 1.55. The molecule has 3 heterocycles. The molecule has 0 spiro atoms. The number of hydrogen-bond acceptors (Lipinski definition) is 6. The Bertz CT molecular complexity index is 1000. The maximum Gasteiger partial charge on any atom is 0.263 e. The molecule has 1 aromatic carbocycles. The topological polar surface area (TPSA) is 65.8 Å². The maximum atomic E-state index is 12.8. The smallest absolute Gasteiger partial charge is 0.263 e. The molecule has 30 heavy (non-hydrogen) atoms. The molecule has 0 saturated carbocycles. The van der Waals surface area contributed by atoms with Gasteiger partial charge in [0.1, 0.15) is 15.8 Å². The summed E-state index contributed by atoms with van der Waals surface area (Å²) in [6, 6.07) is 11.6. The van der Waals surface area contributed by atoms with Crippen LogP contribution in [0.25, 0.3) is 17.4 Å². The van der Waals surface area contributed by atoms with Gasteiger partial charge in [-0.25, -0.2) is 0 Å². The van der Waals surface area contributed by atoms with E-state index in [4.69, 9.17) is 16.6 Å². The molecule has 2 fully saturated rings. The minimum atomic E-state index is -0.208. The third kappa shape index (κ3) is 4.50. The lowest BCUT2D eigenvalue weighted by molar-refractivity contribution is -0.115. The van der Waals surface area contributed by atoms with Crippen molar-refractivity contribution in [1.82, 2.24) is 15.1 Å². The van der Waals surface area contributed by atoms with E-state index in [9.17, 15) is 9.59 Å². The van der Waals surface area contributed by atoms with Crippen molar-refractivity contribution in [3.8, 4) is 11.3 Å². The Balaban J connectivity index is 1.42. The van der Waals surface area contributed by atoms with Crippen molar-refractivity contribution in [3.05, 3.63) is 52.6 Å². The van der Waals surface area contributed by atoms with E-state index in [2.05, 4.69) is 24.1 Å². The lowest BCUT2D eigenvalue weighted by Gasteiger charge is -2.37. The minimum absolute atomic E-state index is 0.0649. The molecule has 0 bridgehead atoms. The summed E-state index contributed by atoms with van der Waals surface area (Å²) in [5, 5.41) is 2.58. The van der Waals surface area contributed by atoms with Crippen LogP contribution in [0.2, 0.25) is 0 Å². The van der Waals surface area contributed by atoms with Crippen molar-refractivity contribution in [2.24, 2.45) is 0 Å². The summed E-state index contributed by atoms with van der Waals surface area (Å²) >= 11 is 6.22. The van der Waals surface area contributed by atoms with Crippen LogP contribution in [-0.2, 0) is 4.79 Å². The number of nitrogens with one attached hydrogen (secondary N) is 1. The predicted molar refractivity (Wildman–Crippen MR) is 123 cm³/mol. The summed E-state index contributed by atoms with van der Waals surface area (Å²) in [5.74, 6) is 1.11. The zero-order chi connectivity index (χ0) is 21.3. The molecule has 0 unspecified atom stereocenters. The molecule has 2 amide bonds. The normalized spacial score (nSPS) is 19.0. The van der Waals surface area contributed by atoms with Crippen LogP contribution in [0, 0.1) is 0 Å². The van der Waals surface area contributed by atoms with E-state index < -0.39 is 0 Å². The first-order chi connectivity index (χ1) is 14.4. The van der Waals surface area contributed by atoms with Gasteiger partial charge in [-0.2, -0.15) is 0 Å². The third-order valence-corrected chi connectivity index (χ3v) is 6.45. The fourth-order valence-electron chi connectivity index (χ4n) is 3.54. The van der Waals surface area contributed by atoms with Crippen LogP contribution in [-0.4, -0.2) is 58.2 Å². The molecule has 0 radical (unpaired) electrons. The van der Waals surface area contributed by atoms with Crippen LogP contribution in [0.5, 0.6) is 0 Å². The van der Waals surface area contributed by atoms with Crippen LogP contribution in [0.1, 0.15) is 30.0 Å². The molecule has 0 aliphatic carbocycles. The molecular formula is C22H23N3O3S2. The molecule has 2 aliphatic rings. The van der Waals surface area contributed by atoms with E-state index in [0.29, 0.717) is 32.4 Å². The molecule has 2 aliphatic heterocycles. The number of benzene rings is 1. The van der Waals surface area contributed by atoms with Gasteiger partial charge in [0.25, 0.3) is 11.8 Å². The van der Waals surface area contributed by atoms with Gasteiger partial charge in [0.05, 0.1) is 4.91 Å². The van der Waals surface area contributed by atoms with Crippen molar-refractivity contribution in [1.29, 1.82) is 0 Å². The largest absolute Gasteiger partial charge is 0.457 e. The van der Waals surface area contributed by atoms with E-state index >= 15 is 0 Å². The van der Waals surface area contributed by atoms with Crippen molar-refractivity contribution in [3.63, 3.8) is 0 Å². The number of carbonyl (C=O) groups excluding carboxylic acids is 2. The first-order valence-corrected chi connectivity index (χ1v) is 11.1. The first-order valence-electron chi connectivity index (χ1n) is 9.89. The van der Waals surface area contributed by atoms with E-state index in [1.165, 1.54) is 11.8 Å². The standard InChI is InChI=1S/C22H23N3O3S2/c1-14(2)24-9-11-25(12-10-24)21(27)16-5-3-15(4-6-16)18-8-7-17(28-18)13-19-20(26)23-22(29)30-19/h3-8,13-14H,9-12H2,1-2H3,(H,23,26,29)/b19-13-. The number of amides is 2. The summed E-state index contributed by atoms with van der Waals surface area (Å²) < 4.78 is 6.30. The molecule has 8 heteroatoms. The Labute approximate surface area is 185 Å². The number of hydrogen-bond donors (Lipinski definition) is 1.